The molecule has 2 heterocycles. The molecule has 0 bridgehead atoms. The van der Waals surface area contributed by atoms with Crippen LogP contribution in [-0.2, 0) is 11.2 Å². The summed E-state index contributed by atoms with van der Waals surface area (Å²) in [5, 5.41) is 12.7. The predicted octanol–water partition coefficient (Wildman–Crippen LogP) is 3.22. The van der Waals surface area contributed by atoms with Gasteiger partial charge in [-0.25, -0.2) is 0 Å². The molecule has 1 aliphatic carbocycles. The van der Waals surface area contributed by atoms with Crippen LogP contribution in [0.4, 0.5) is 0 Å². The van der Waals surface area contributed by atoms with Crippen LogP contribution >= 0.6 is 11.3 Å². The van der Waals surface area contributed by atoms with Crippen LogP contribution in [0.2, 0.25) is 0 Å². The number of hydrogen-bond acceptors (Lipinski definition) is 3. The summed E-state index contributed by atoms with van der Waals surface area (Å²) in [5.41, 5.74) is -0.480. The fraction of sp³-hybridized carbons (Fsp3) is 0.706. The highest BCUT2D eigenvalue weighted by Gasteiger charge is 2.43. The van der Waals surface area contributed by atoms with Crippen LogP contribution in [0.15, 0.2) is 17.5 Å². The molecule has 1 aliphatic heterocycles. The van der Waals surface area contributed by atoms with Gasteiger partial charge in [0.05, 0.1) is 5.60 Å². The van der Waals surface area contributed by atoms with Gasteiger partial charge in [-0.3, -0.25) is 4.79 Å². The summed E-state index contributed by atoms with van der Waals surface area (Å²) in [6.07, 6.45) is 7.70. The second-order valence-electron chi connectivity index (χ2n) is 6.57. The van der Waals surface area contributed by atoms with Crippen molar-refractivity contribution in [2.75, 3.05) is 13.1 Å². The Morgan fingerprint density at radius 1 is 1.43 bits per heavy atom. The Morgan fingerprint density at radius 2 is 2.33 bits per heavy atom. The third-order valence-corrected chi connectivity index (χ3v) is 6.11. The first-order valence-electron chi connectivity index (χ1n) is 8.20. The number of aryl methyl sites for hydroxylation is 1. The first-order valence-corrected chi connectivity index (χ1v) is 9.08. The number of aliphatic hydroxyl groups is 1. The minimum absolute atomic E-state index is 0.277. The molecule has 4 heteroatoms. The Balaban J connectivity index is 1.47. The Kier molecular flexibility index (Phi) is 4.65. The smallest absolute Gasteiger partial charge is 0.222 e. The summed E-state index contributed by atoms with van der Waals surface area (Å²) >= 11 is 1.77. The van der Waals surface area contributed by atoms with E-state index < -0.39 is 5.60 Å². The van der Waals surface area contributed by atoms with E-state index in [0.717, 1.165) is 51.6 Å². The minimum Gasteiger partial charge on any atom is -0.389 e. The molecule has 116 valence electrons. The molecule has 2 atom stereocenters. The molecule has 0 aromatic carbocycles. The van der Waals surface area contributed by atoms with Crippen molar-refractivity contribution in [3.05, 3.63) is 22.4 Å². The van der Waals surface area contributed by atoms with Gasteiger partial charge in [-0.2, -0.15) is 0 Å². The summed E-state index contributed by atoms with van der Waals surface area (Å²) in [6.45, 7) is 1.51. The number of likely N-dealkylation sites (tertiary alicyclic amines) is 1. The van der Waals surface area contributed by atoms with Gasteiger partial charge in [0.1, 0.15) is 0 Å². The summed E-state index contributed by atoms with van der Waals surface area (Å²) in [5.74, 6) is 0.584. The van der Waals surface area contributed by atoms with E-state index in [-0.39, 0.29) is 5.91 Å². The van der Waals surface area contributed by atoms with Crippen molar-refractivity contribution in [3.8, 4) is 0 Å². The van der Waals surface area contributed by atoms with Crippen molar-refractivity contribution in [1.29, 1.82) is 0 Å². The van der Waals surface area contributed by atoms with Crippen LogP contribution in [0, 0.1) is 5.92 Å². The van der Waals surface area contributed by atoms with Crippen molar-refractivity contribution in [2.45, 2.75) is 57.0 Å². The van der Waals surface area contributed by atoms with Gasteiger partial charge in [0, 0.05) is 30.3 Å². The second-order valence-corrected chi connectivity index (χ2v) is 7.60. The van der Waals surface area contributed by atoms with Crippen molar-refractivity contribution in [2.24, 2.45) is 5.92 Å². The molecule has 1 aromatic rings. The van der Waals surface area contributed by atoms with Gasteiger partial charge < -0.3 is 10.0 Å². The molecule has 0 spiro atoms. The first-order chi connectivity index (χ1) is 10.2. The van der Waals surface area contributed by atoms with Crippen LogP contribution in [0.3, 0.4) is 0 Å². The molecule has 1 amide bonds. The fourth-order valence-electron chi connectivity index (χ4n) is 3.82. The molecule has 2 fully saturated rings. The lowest BCUT2D eigenvalue weighted by atomic mass is 9.71. The lowest BCUT2D eigenvalue weighted by Gasteiger charge is -2.47. The van der Waals surface area contributed by atoms with Crippen LogP contribution in [0.5, 0.6) is 0 Å². The van der Waals surface area contributed by atoms with Gasteiger partial charge in [0.2, 0.25) is 5.91 Å². The van der Waals surface area contributed by atoms with Gasteiger partial charge >= 0.3 is 0 Å². The van der Waals surface area contributed by atoms with Crippen LogP contribution in [0.1, 0.15) is 49.8 Å². The zero-order valence-corrected chi connectivity index (χ0v) is 13.4. The monoisotopic (exact) mass is 307 g/mol. The highest BCUT2D eigenvalue weighted by atomic mass is 32.1. The van der Waals surface area contributed by atoms with Crippen LogP contribution in [0.25, 0.3) is 0 Å². The maximum atomic E-state index is 12.4. The molecular formula is C17H25NO2S. The number of nitrogens with zero attached hydrogens (tertiary/aromatic N) is 1. The van der Waals surface area contributed by atoms with Crippen molar-refractivity contribution >= 4 is 17.2 Å². The quantitative estimate of drug-likeness (QED) is 0.928. The number of carbonyl (C=O) groups is 1. The van der Waals surface area contributed by atoms with E-state index in [2.05, 4.69) is 17.5 Å². The topological polar surface area (TPSA) is 40.5 Å². The lowest BCUT2D eigenvalue weighted by molar-refractivity contribution is -0.143. The summed E-state index contributed by atoms with van der Waals surface area (Å²) in [7, 11) is 0. The normalized spacial score (nSPS) is 29.2. The highest BCUT2D eigenvalue weighted by Crippen LogP contribution is 2.39. The van der Waals surface area contributed by atoms with Gasteiger partial charge in [-0.1, -0.05) is 18.9 Å². The number of piperidine rings is 1. The van der Waals surface area contributed by atoms with Crippen molar-refractivity contribution < 1.29 is 9.90 Å². The molecule has 3 nitrogen and oxygen atoms in total. The molecule has 2 unspecified atom stereocenters. The number of fused-ring (bicyclic) bond motifs is 1. The van der Waals surface area contributed by atoms with E-state index in [1.807, 2.05) is 4.90 Å². The average molecular weight is 307 g/mol. The summed E-state index contributed by atoms with van der Waals surface area (Å²) in [6, 6.07) is 4.20. The van der Waals surface area contributed by atoms with Crippen LogP contribution in [-0.4, -0.2) is 34.6 Å². The van der Waals surface area contributed by atoms with E-state index in [9.17, 15) is 9.90 Å². The maximum absolute atomic E-state index is 12.4. The summed E-state index contributed by atoms with van der Waals surface area (Å²) < 4.78 is 0. The van der Waals surface area contributed by atoms with E-state index in [1.165, 1.54) is 11.3 Å². The van der Waals surface area contributed by atoms with Gasteiger partial charge in [0.25, 0.3) is 0 Å². The Hall–Kier alpha value is -0.870. The fourth-order valence-corrected chi connectivity index (χ4v) is 4.58. The van der Waals surface area contributed by atoms with Gasteiger partial charge in [0.15, 0.2) is 0 Å². The average Bonchev–Trinajstić information content (AvgIpc) is 2.99. The lowest BCUT2D eigenvalue weighted by Crippen LogP contribution is -2.54. The number of carbonyl (C=O) groups excluding carboxylic acids is 1. The second kappa shape index (κ2) is 6.49. The highest BCUT2D eigenvalue weighted by molar-refractivity contribution is 7.09. The van der Waals surface area contributed by atoms with Crippen LogP contribution < -0.4 is 0 Å². The number of rotatable bonds is 4. The van der Waals surface area contributed by atoms with E-state index in [0.29, 0.717) is 12.3 Å². The maximum Gasteiger partial charge on any atom is 0.222 e. The van der Waals surface area contributed by atoms with E-state index >= 15 is 0 Å². The molecule has 21 heavy (non-hydrogen) atoms. The minimum atomic E-state index is -0.480. The van der Waals surface area contributed by atoms with E-state index in [4.69, 9.17) is 0 Å². The standard InChI is InChI=1S/C17H25NO2S/c19-16(8-3-6-15-7-4-12-21-15)18-11-10-17(20)9-2-1-5-14(17)13-18/h4,7,12,14,20H,1-3,5-6,8-11,13H2. The van der Waals surface area contributed by atoms with E-state index in [1.54, 1.807) is 11.3 Å². The molecule has 3 rings (SSSR count). The number of amides is 1. The molecule has 1 saturated carbocycles. The van der Waals surface area contributed by atoms with Gasteiger partial charge in [-0.05, 0) is 43.6 Å². The Morgan fingerprint density at radius 3 is 3.14 bits per heavy atom. The molecule has 1 aromatic heterocycles. The molecular weight excluding hydrogens is 282 g/mol. The first kappa shape index (κ1) is 15.0. The van der Waals surface area contributed by atoms with Crippen molar-refractivity contribution in [1.82, 2.24) is 4.90 Å². The van der Waals surface area contributed by atoms with Gasteiger partial charge in [-0.15, -0.1) is 11.3 Å². The summed E-state index contributed by atoms with van der Waals surface area (Å²) in [4.78, 5) is 15.7. The molecule has 1 N–H and O–H groups in total. The van der Waals surface area contributed by atoms with Crippen molar-refractivity contribution in [3.63, 3.8) is 0 Å². The number of thiophene rings is 1. The Labute approximate surface area is 131 Å². The largest absolute Gasteiger partial charge is 0.389 e. The molecule has 1 saturated heterocycles. The molecule has 2 aliphatic rings. The SMILES string of the molecule is O=C(CCCc1cccs1)N1CCC2(O)CCCCC2C1. The Bertz CT molecular complexity index is 473. The molecule has 0 radical (unpaired) electrons. The third-order valence-electron chi connectivity index (χ3n) is 5.17. The third kappa shape index (κ3) is 3.49. The zero-order valence-electron chi connectivity index (χ0n) is 12.6. The number of hydrogen-bond donors (Lipinski definition) is 1. The zero-order chi connectivity index (χ0) is 14.7. The predicted molar refractivity (Wildman–Crippen MR) is 85.4 cm³/mol.